The predicted octanol–water partition coefficient (Wildman–Crippen LogP) is 12.6. The van der Waals surface area contributed by atoms with Gasteiger partial charge in [-0.25, -0.2) is 0 Å². The van der Waals surface area contributed by atoms with E-state index < -0.39 is 0 Å². The lowest BCUT2D eigenvalue weighted by atomic mass is 9.93. The number of benzene rings is 9. The lowest BCUT2D eigenvalue weighted by Crippen LogP contribution is -2.10. The van der Waals surface area contributed by atoms with Crippen LogP contribution in [0.1, 0.15) is 0 Å². The van der Waals surface area contributed by atoms with Crippen molar-refractivity contribution in [1.82, 2.24) is 0 Å². The lowest BCUT2D eigenvalue weighted by Gasteiger charge is -2.28. The van der Waals surface area contributed by atoms with Crippen molar-refractivity contribution >= 4 is 70.9 Å². The van der Waals surface area contributed by atoms with Gasteiger partial charge in [0, 0.05) is 16.8 Å². The largest absolute Gasteiger partial charge is 0.310 e. The molecule has 1 nitrogen and oxygen atoms in total. The molecule has 9 aromatic carbocycles. The normalized spacial score (nSPS) is 11.6. The molecule has 0 fully saturated rings. The first-order valence-corrected chi connectivity index (χ1v) is 15.5. The van der Waals surface area contributed by atoms with Gasteiger partial charge in [0.1, 0.15) is 0 Å². The molecule has 0 saturated heterocycles. The molecule has 0 N–H and O–H groups in total. The molecular weight excluding hydrogens is 542 g/mol. The van der Waals surface area contributed by atoms with Crippen LogP contribution in [0.2, 0.25) is 0 Å². The van der Waals surface area contributed by atoms with Crippen LogP contribution in [-0.4, -0.2) is 0 Å². The van der Waals surface area contributed by atoms with E-state index in [4.69, 9.17) is 0 Å². The maximum absolute atomic E-state index is 2.42. The Bertz CT molecular complexity index is 2530. The average molecular weight is 572 g/mol. The maximum atomic E-state index is 2.42. The molecule has 0 spiro atoms. The molecule has 0 heterocycles. The van der Waals surface area contributed by atoms with E-state index in [1.165, 1.54) is 70.7 Å². The van der Waals surface area contributed by atoms with E-state index in [2.05, 4.69) is 181 Å². The van der Waals surface area contributed by atoms with Crippen molar-refractivity contribution in [2.24, 2.45) is 0 Å². The molecule has 0 aliphatic heterocycles. The Morgan fingerprint density at radius 3 is 1.58 bits per heavy atom. The topological polar surface area (TPSA) is 3.24 Å². The summed E-state index contributed by atoms with van der Waals surface area (Å²) in [5.41, 5.74) is 5.90. The fraction of sp³-hybridized carbons (Fsp3) is 0. The molecule has 0 bridgehead atoms. The zero-order valence-corrected chi connectivity index (χ0v) is 24.7. The SMILES string of the molecule is c1ccc(N(c2ccc(-c3cc4ccccc4c4ccccc34)cc2)c2cc3ccccc3c3ccc4ccccc4c23)cc1. The summed E-state index contributed by atoms with van der Waals surface area (Å²) in [5.74, 6) is 0. The number of rotatable bonds is 4. The summed E-state index contributed by atoms with van der Waals surface area (Å²) in [5, 5.41) is 12.6. The Kier molecular flexibility index (Phi) is 5.89. The summed E-state index contributed by atoms with van der Waals surface area (Å²) < 4.78 is 0. The maximum Gasteiger partial charge on any atom is 0.0552 e. The monoisotopic (exact) mass is 571 g/mol. The number of hydrogen-bond acceptors (Lipinski definition) is 1. The van der Waals surface area contributed by atoms with Gasteiger partial charge in [0.15, 0.2) is 0 Å². The van der Waals surface area contributed by atoms with Crippen molar-refractivity contribution in [1.29, 1.82) is 0 Å². The Morgan fingerprint density at radius 2 is 0.844 bits per heavy atom. The molecule has 9 aromatic rings. The second-order valence-corrected chi connectivity index (χ2v) is 11.7. The van der Waals surface area contributed by atoms with E-state index in [9.17, 15) is 0 Å². The first kappa shape index (κ1) is 25.6. The summed E-state index contributed by atoms with van der Waals surface area (Å²) in [7, 11) is 0. The van der Waals surface area contributed by atoms with Crippen LogP contribution < -0.4 is 4.90 Å². The fourth-order valence-electron chi connectivity index (χ4n) is 7.12. The summed E-state index contributed by atoms with van der Waals surface area (Å²) in [6.07, 6.45) is 0. The molecule has 0 amide bonds. The predicted molar refractivity (Wildman–Crippen MR) is 194 cm³/mol. The van der Waals surface area contributed by atoms with E-state index in [0.717, 1.165) is 11.4 Å². The molecule has 0 atom stereocenters. The van der Waals surface area contributed by atoms with E-state index >= 15 is 0 Å². The van der Waals surface area contributed by atoms with Gasteiger partial charge in [-0.3, -0.25) is 0 Å². The highest BCUT2D eigenvalue weighted by atomic mass is 15.1. The van der Waals surface area contributed by atoms with Crippen molar-refractivity contribution in [3.05, 3.63) is 176 Å². The van der Waals surface area contributed by atoms with Crippen molar-refractivity contribution in [3.63, 3.8) is 0 Å². The molecule has 9 rings (SSSR count). The van der Waals surface area contributed by atoms with Crippen LogP contribution in [-0.2, 0) is 0 Å². The van der Waals surface area contributed by atoms with Gasteiger partial charge in [-0.05, 0) is 96.0 Å². The number of hydrogen-bond donors (Lipinski definition) is 0. The quantitative estimate of drug-likeness (QED) is 0.190. The first-order chi connectivity index (χ1) is 22.3. The molecule has 1 heteroatoms. The molecule has 210 valence electrons. The zero-order chi connectivity index (χ0) is 29.7. The second-order valence-electron chi connectivity index (χ2n) is 11.7. The minimum atomic E-state index is 1.12. The smallest absolute Gasteiger partial charge is 0.0552 e. The van der Waals surface area contributed by atoms with E-state index in [-0.39, 0.29) is 0 Å². The van der Waals surface area contributed by atoms with E-state index in [1.807, 2.05) is 0 Å². The van der Waals surface area contributed by atoms with Gasteiger partial charge < -0.3 is 4.90 Å². The number of para-hydroxylation sites is 1. The van der Waals surface area contributed by atoms with Gasteiger partial charge in [0.25, 0.3) is 0 Å². The summed E-state index contributed by atoms with van der Waals surface area (Å²) in [6.45, 7) is 0. The summed E-state index contributed by atoms with van der Waals surface area (Å²) in [4.78, 5) is 2.42. The highest BCUT2D eigenvalue weighted by Gasteiger charge is 2.19. The van der Waals surface area contributed by atoms with Gasteiger partial charge in [0.2, 0.25) is 0 Å². The minimum Gasteiger partial charge on any atom is -0.310 e. The standard InChI is InChI=1S/C44H29N/c1-2-15-34(16-3-1)45(43-29-33-14-6-8-18-37(33)41-27-24-30-12-4-9-19-38(30)44(41)43)35-25-22-31(23-26-35)42-28-32-13-5-7-17-36(32)39-20-10-11-21-40(39)42/h1-29H. The van der Waals surface area contributed by atoms with Crippen LogP contribution in [0.15, 0.2) is 176 Å². The number of nitrogens with zero attached hydrogens (tertiary/aromatic N) is 1. The summed E-state index contributed by atoms with van der Waals surface area (Å²) in [6, 6.07) is 64.0. The third kappa shape index (κ3) is 4.17. The van der Waals surface area contributed by atoms with Crippen LogP contribution in [0.25, 0.3) is 65.0 Å². The van der Waals surface area contributed by atoms with E-state index in [1.54, 1.807) is 0 Å². The van der Waals surface area contributed by atoms with E-state index in [0.29, 0.717) is 0 Å². The molecule has 0 aromatic heterocycles. The Balaban J connectivity index is 1.29. The molecule has 0 saturated carbocycles. The van der Waals surface area contributed by atoms with Crippen molar-refractivity contribution in [2.75, 3.05) is 4.90 Å². The number of anilines is 3. The van der Waals surface area contributed by atoms with Gasteiger partial charge in [-0.15, -0.1) is 0 Å². The fourth-order valence-corrected chi connectivity index (χ4v) is 7.12. The van der Waals surface area contributed by atoms with Crippen LogP contribution in [0, 0.1) is 0 Å². The third-order valence-electron chi connectivity index (χ3n) is 9.19. The molecule has 0 unspecified atom stereocenters. The summed E-state index contributed by atoms with van der Waals surface area (Å²) >= 11 is 0. The lowest BCUT2D eigenvalue weighted by molar-refractivity contribution is 1.30. The molecular formula is C44H29N. The highest BCUT2D eigenvalue weighted by molar-refractivity contribution is 6.23. The van der Waals surface area contributed by atoms with Crippen molar-refractivity contribution in [3.8, 4) is 11.1 Å². The van der Waals surface area contributed by atoms with Gasteiger partial charge in [0.05, 0.1) is 5.69 Å². The zero-order valence-electron chi connectivity index (χ0n) is 24.7. The molecule has 0 aliphatic carbocycles. The van der Waals surface area contributed by atoms with Crippen molar-refractivity contribution < 1.29 is 0 Å². The second kappa shape index (κ2) is 10.4. The van der Waals surface area contributed by atoms with Crippen molar-refractivity contribution in [2.45, 2.75) is 0 Å². The molecule has 0 aliphatic rings. The van der Waals surface area contributed by atoms with Crippen LogP contribution in [0.3, 0.4) is 0 Å². The van der Waals surface area contributed by atoms with Crippen LogP contribution >= 0.6 is 0 Å². The third-order valence-corrected chi connectivity index (χ3v) is 9.19. The molecule has 45 heavy (non-hydrogen) atoms. The molecule has 0 radical (unpaired) electrons. The average Bonchev–Trinajstić information content (AvgIpc) is 3.12. The van der Waals surface area contributed by atoms with Crippen LogP contribution in [0.4, 0.5) is 17.1 Å². The minimum absolute atomic E-state index is 1.12. The van der Waals surface area contributed by atoms with Gasteiger partial charge >= 0.3 is 0 Å². The number of fused-ring (bicyclic) bond motifs is 8. The Hall–Kier alpha value is -5.92. The first-order valence-electron chi connectivity index (χ1n) is 15.5. The Labute approximate surface area is 262 Å². The Morgan fingerprint density at radius 1 is 0.311 bits per heavy atom. The van der Waals surface area contributed by atoms with Crippen LogP contribution in [0.5, 0.6) is 0 Å². The highest BCUT2D eigenvalue weighted by Crippen LogP contribution is 2.45. The van der Waals surface area contributed by atoms with Gasteiger partial charge in [-0.2, -0.15) is 0 Å². The van der Waals surface area contributed by atoms with Gasteiger partial charge in [-0.1, -0.05) is 140 Å².